The van der Waals surface area contributed by atoms with E-state index in [1.54, 1.807) is 21.0 Å². The highest BCUT2D eigenvalue weighted by Gasteiger charge is 2.41. The van der Waals surface area contributed by atoms with Crippen LogP contribution in [0.25, 0.3) is 5.76 Å². The van der Waals surface area contributed by atoms with E-state index < -0.39 is 5.60 Å². The summed E-state index contributed by atoms with van der Waals surface area (Å²) in [4.78, 5) is 11.9. The molecule has 3 nitrogen and oxygen atoms in total. The van der Waals surface area contributed by atoms with Gasteiger partial charge in [-0.25, -0.2) is 0 Å². The van der Waals surface area contributed by atoms with E-state index in [9.17, 15) is 4.79 Å². The van der Waals surface area contributed by atoms with E-state index in [1.165, 1.54) is 0 Å². The molecular formula is C13H13BrO3. The van der Waals surface area contributed by atoms with Crippen LogP contribution in [0.4, 0.5) is 0 Å². The van der Waals surface area contributed by atoms with E-state index in [0.29, 0.717) is 10.2 Å². The van der Waals surface area contributed by atoms with Crippen molar-refractivity contribution in [1.82, 2.24) is 0 Å². The molecule has 0 aromatic heterocycles. The molecule has 1 aliphatic rings. The largest absolute Gasteiger partial charge is 0.497 e. The maximum Gasteiger partial charge on any atom is 0.216 e. The number of benzene rings is 1. The minimum atomic E-state index is -0.798. The van der Waals surface area contributed by atoms with Crippen LogP contribution in [0.5, 0.6) is 5.75 Å². The zero-order valence-electron chi connectivity index (χ0n) is 9.91. The molecular weight excluding hydrogens is 284 g/mol. The van der Waals surface area contributed by atoms with Crippen molar-refractivity contribution in [2.24, 2.45) is 0 Å². The zero-order valence-corrected chi connectivity index (χ0v) is 11.5. The summed E-state index contributed by atoms with van der Waals surface area (Å²) >= 11 is 3.29. The van der Waals surface area contributed by atoms with Gasteiger partial charge in [0.15, 0.2) is 5.60 Å². The highest BCUT2D eigenvalue weighted by atomic mass is 79.9. The van der Waals surface area contributed by atoms with Crippen molar-refractivity contribution < 1.29 is 14.3 Å². The lowest BCUT2D eigenvalue weighted by Crippen LogP contribution is -2.28. The Bertz CT molecular complexity index is 486. The number of rotatable bonds is 2. The lowest BCUT2D eigenvalue weighted by molar-refractivity contribution is -0.125. The van der Waals surface area contributed by atoms with Crippen molar-refractivity contribution in [1.29, 1.82) is 0 Å². The SMILES string of the molecule is COc1ccc(C2=C(Br)C(=O)C(C)(C)O2)cc1. The molecule has 1 heterocycles. The molecule has 4 heteroatoms. The highest BCUT2D eigenvalue weighted by Crippen LogP contribution is 2.39. The van der Waals surface area contributed by atoms with Crippen LogP contribution in [-0.2, 0) is 9.53 Å². The Hall–Kier alpha value is -1.29. The van der Waals surface area contributed by atoms with Gasteiger partial charge in [-0.3, -0.25) is 4.79 Å². The molecule has 0 N–H and O–H groups in total. The van der Waals surface area contributed by atoms with Gasteiger partial charge < -0.3 is 9.47 Å². The third kappa shape index (κ3) is 2.09. The molecule has 0 saturated heterocycles. The molecule has 0 spiro atoms. The van der Waals surface area contributed by atoms with Crippen LogP contribution >= 0.6 is 15.9 Å². The normalized spacial score (nSPS) is 18.2. The zero-order chi connectivity index (χ0) is 12.6. The molecule has 0 unspecified atom stereocenters. The summed E-state index contributed by atoms with van der Waals surface area (Å²) in [5.41, 5.74) is 0.0604. The summed E-state index contributed by atoms with van der Waals surface area (Å²) < 4.78 is 11.3. The van der Waals surface area contributed by atoms with E-state index in [-0.39, 0.29) is 5.78 Å². The Labute approximate surface area is 109 Å². The first-order chi connectivity index (χ1) is 7.95. The topological polar surface area (TPSA) is 35.5 Å². The number of ether oxygens (including phenoxy) is 2. The van der Waals surface area contributed by atoms with Crippen molar-refractivity contribution in [2.45, 2.75) is 19.4 Å². The van der Waals surface area contributed by atoms with Gasteiger partial charge in [0.1, 0.15) is 16.0 Å². The Balaban J connectivity index is 2.38. The number of hydrogen-bond acceptors (Lipinski definition) is 3. The van der Waals surface area contributed by atoms with Gasteiger partial charge in [-0.2, -0.15) is 0 Å². The maximum absolute atomic E-state index is 11.9. The smallest absolute Gasteiger partial charge is 0.216 e. The predicted octanol–water partition coefficient (Wildman–Crippen LogP) is 3.14. The maximum atomic E-state index is 11.9. The fraction of sp³-hybridized carbons (Fsp3) is 0.308. The molecule has 17 heavy (non-hydrogen) atoms. The minimum absolute atomic E-state index is 0.0386. The highest BCUT2D eigenvalue weighted by molar-refractivity contribution is 9.12. The molecule has 90 valence electrons. The van der Waals surface area contributed by atoms with E-state index in [0.717, 1.165) is 11.3 Å². The van der Waals surface area contributed by atoms with Gasteiger partial charge in [-0.15, -0.1) is 0 Å². The van der Waals surface area contributed by atoms with Crippen LogP contribution < -0.4 is 4.74 Å². The van der Waals surface area contributed by atoms with Crippen LogP contribution in [0, 0.1) is 0 Å². The number of Topliss-reactive ketones (excluding diaryl/α,β-unsaturated/α-hetero) is 1. The van der Waals surface area contributed by atoms with Crippen LogP contribution in [0.1, 0.15) is 19.4 Å². The van der Waals surface area contributed by atoms with Gasteiger partial charge in [0.05, 0.1) is 7.11 Å². The van der Waals surface area contributed by atoms with E-state index in [1.807, 2.05) is 24.3 Å². The Morgan fingerprint density at radius 2 is 1.82 bits per heavy atom. The third-order valence-electron chi connectivity index (χ3n) is 2.65. The monoisotopic (exact) mass is 296 g/mol. The fourth-order valence-corrected chi connectivity index (χ4v) is 2.43. The Morgan fingerprint density at radius 1 is 1.24 bits per heavy atom. The second-order valence-electron chi connectivity index (χ2n) is 4.31. The summed E-state index contributed by atoms with van der Waals surface area (Å²) in [6, 6.07) is 7.40. The first kappa shape index (κ1) is 12.2. The van der Waals surface area contributed by atoms with Gasteiger partial charge in [0.2, 0.25) is 5.78 Å². The first-order valence-corrected chi connectivity index (χ1v) is 6.03. The van der Waals surface area contributed by atoms with E-state index in [2.05, 4.69) is 15.9 Å². The van der Waals surface area contributed by atoms with E-state index in [4.69, 9.17) is 9.47 Å². The van der Waals surface area contributed by atoms with Gasteiger partial charge in [0, 0.05) is 5.56 Å². The summed E-state index contributed by atoms with van der Waals surface area (Å²) in [6.07, 6.45) is 0. The van der Waals surface area contributed by atoms with Crippen molar-refractivity contribution in [3.63, 3.8) is 0 Å². The molecule has 0 aliphatic carbocycles. The van der Waals surface area contributed by atoms with Crippen LogP contribution in [-0.4, -0.2) is 18.5 Å². The fourth-order valence-electron chi connectivity index (χ4n) is 1.64. The Morgan fingerprint density at radius 3 is 2.24 bits per heavy atom. The average Bonchev–Trinajstić information content (AvgIpc) is 2.53. The lowest BCUT2D eigenvalue weighted by atomic mass is 10.1. The minimum Gasteiger partial charge on any atom is -0.497 e. The second kappa shape index (κ2) is 4.18. The van der Waals surface area contributed by atoms with Crippen LogP contribution in [0.3, 0.4) is 0 Å². The van der Waals surface area contributed by atoms with Crippen LogP contribution in [0.2, 0.25) is 0 Å². The predicted molar refractivity (Wildman–Crippen MR) is 69.0 cm³/mol. The molecule has 1 aromatic rings. The van der Waals surface area contributed by atoms with Crippen LogP contribution in [0.15, 0.2) is 28.7 Å². The molecule has 0 radical (unpaired) electrons. The number of carbonyl (C=O) groups excluding carboxylic acids is 1. The summed E-state index contributed by atoms with van der Waals surface area (Å²) in [6.45, 7) is 3.51. The molecule has 2 rings (SSSR count). The molecule has 0 bridgehead atoms. The van der Waals surface area contributed by atoms with E-state index >= 15 is 0 Å². The number of hydrogen-bond donors (Lipinski definition) is 0. The van der Waals surface area contributed by atoms with Crippen molar-refractivity contribution in [2.75, 3.05) is 7.11 Å². The van der Waals surface area contributed by atoms with Crippen molar-refractivity contribution in [3.8, 4) is 5.75 Å². The number of carbonyl (C=O) groups is 1. The molecule has 0 amide bonds. The third-order valence-corrected chi connectivity index (χ3v) is 3.38. The van der Waals surface area contributed by atoms with Gasteiger partial charge in [-0.1, -0.05) is 0 Å². The summed E-state index contributed by atoms with van der Waals surface area (Å²) in [5, 5.41) is 0. The second-order valence-corrected chi connectivity index (χ2v) is 5.11. The summed E-state index contributed by atoms with van der Waals surface area (Å²) in [7, 11) is 1.61. The quantitative estimate of drug-likeness (QED) is 0.841. The number of halogens is 1. The van der Waals surface area contributed by atoms with Gasteiger partial charge >= 0.3 is 0 Å². The first-order valence-electron chi connectivity index (χ1n) is 5.24. The summed E-state index contributed by atoms with van der Waals surface area (Å²) in [5.74, 6) is 1.32. The molecule has 0 saturated carbocycles. The molecule has 1 aromatic carbocycles. The molecule has 0 fully saturated rings. The number of ketones is 1. The van der Waals surface area contributed by atoms with Gasteiger partial charge in [0.25, 0.3) is 0 Å². The Kier molecular flexibility index (Phi) is 3.00. The average molecular weight is 297 g/mol. The van der Waals surface area contributed by atoms with Crippen molar-refractivity contribution in [3.05, 3.63) is 34.3 Å². The van der Waals surface area contributed by atoms with Gasteiger partial charge in [-0.05, 0) is 54.0 Å². The molecule has 0 atom stereocenters. The molecule has 1 aliphatic heterocycles. The number of methoxy groups -OCH3 is 1. The lowest BCUT2D eigenvalue weighted by Gasteiger charge is -2.17. The standard InChI is InChI=1S/C13H13BrO3/c1-13(2)12(15)10(14)11(17-13)8-4-6-9(16-3)7-5-8/h4-7H,1-3H3. The van der Waals surface area contributed by atoms with Crippen molar-refractivity contribution >= 4 is 27.5 Å².